The molecule has 1 fully saturated rings. The van der Waals surface area contributed by atoms with Crippen molar-refractivity contribution in [2.45, 2.75) is 37.3 Å². The minimum absolute atomic E-state index is 0.196. The first-order valence-electron chi connectivity index (χ1n) is 8.92. The summed E-state index contributed by atoms with van der Waals surface area (Å²) in [5.41, 5.74) is 2.81. The molecule has 4 rings (SSSR count). The van der Waals surface area contributed by atoms with Gasteiger partial charge < -0.3 is 4.90 Å². The van der Waals surface area contributed by atoms with Crippen molar-refractivity contribution in [2.75, 3.05) is 24.5 Å². The first kappa shape index (κ1) is 17.5. The van der Waals surface area contributed by atoms with Crippen molar-refractivity contribution in [3.63, 3.8) is 0 Å². The monoisotopic (exact) mass is 378 g/mol. The summed E-state index contributed by atoms with van der Waals surface area (Å²) in [4.78, 5) is 2.31. The van der Waals surface area contributed by atoms with E-state index in [0.717, 1.165) is 37.1 Å². The molecule has 2 aliphatic heterocycles. The maximum absolute atomic E-state index is 13.4. The van der Waals surface area contributed by atoms with Gasteiger partial charge in [-0.05, 0) is 49.9 Å². The van der Waals surface area contributed by atoms with Gasteiger partial charge in [-0.25, -0.2) is 12.8 Å². The lowest BCUT2D eigenvalue weighted by atomic mass is 10.0. The van der Waals surface area contributed by atoms with E-state index in [1.807, 2.05) is 6.07 Å². The number of benzene rings is 1. The third-order valence-corrected chi connectivity index (χ3v) is 7.60. The Morgan fingerprint density at radius 1 is 1.19 bits per heavy atom. The fourth-order valence-electron chi connectivity index (χ4n) is 4.20. The first-order valence-corrected chi connectivity index (χ1v) is 10.4. The molecule has 8 heteroatoms. The Balaban J connectivity index is 1.49. The topological polar surface area (TPSA) is 58.4 Å². The SMILES string of the molecule is Cc1cnn(C)c1S(=O)(=O)N1CCC(N2CCc3cc(F)ccc32)CC1. The Morgan fingerprint density at radius 3 is 2.58 bits per heavy atom. The molecule has 140 valence electrons. The third-order valence-electron chi connectivity index (χ3n) is 5.48. The van der Waals surface area contributed by atoms with Gasteiger partial charge in [0.1, 0.15) is 5.82 Å². The highest BCUT2D eigenvalue weighted by Crippen LogP contribution is 2.34. The summed E-state index contributed by atoms with van der Waals surface area (Å²) in [5.74, 6) is -0.196. The van der Waals surface area contributed by atoms with Crippen LogP contribution in [0.5, 0.6) is 0 Å². The predicted molar refractivity (Wildman–Crippen MR) is 97.2 cm³/mol. The normalized spacial score (nSPS) is 19.1. The van der Waals surface area contributed by atoms with Crippen LogP contribution in [0.25, 0.3) is 0 Å². The maximum Gasteiger partial charge on any atom is 0.260 e. The van der Waals surface area contributed by atoms with Gasteiger partial charge in [-0.3, -0.25) is 4.68 Å². The van der Waals surface area contributed by atoms with E-state index in [1.165, 1.54) is 10.7 Å². The average molecular weight is 378 g/mol. The molecule has 1 saturated heterocycles. The summed E-state index contributed by atoms with van der Waals surface area (Å²) in [7, 11) is -1.87. The van der Waals surface area contributed by atoms with E-state index in [4.69, 9.17) is 0 Å². The van der Waals surface area contributed by atoms with Crippen molar-refractivity contribution in [2.24, 2.45) is 7.05 Å². The van der Waals surface area contributed by atoms with Crippen LogP contribution >= 0.6 is 0 Å². The molecule has 3 heterocycles. The quantitative estimate of drug-likeness (QED) is 0.821. The summed E-state index contributed by atoms with van der Waals surface area (Å²) in [6, 6.07) is 5.25. The van der Waals surface area contributed by atoms with Crippen molar-refractivity contribution in [1.29, 1.82) is 0 Å². The summed E-state index contributed by atoms with van der Waals surface area (Å²) in [6.07, 6.45) is 3.97. The second-order valence-corrected chi connectivity index (χ2v) is 8.96. The maximum atomic E-state index is 13.4. The molecule has 1 aromatic carbocycles. The van der Waals surface area contributed by atoms with E-state index in [1.54, 1.807) is 30.5 Å². The molecule has 2 aliphatic rings. The van der Waals surface area contributed by atoms with Crippen LogP contribution in [-0.2, 0) is 23.5 Å². The van der Waals surface area contributed by atoms with Crippen molar-refractivity contribution >= 4 is 15.7 Å². The molecule has 1 aromatic heterocycles. The number of halogens is 1. The number of hydrogen-bond acceptors (Lipinski definition) is 4. The van der Waals surface area contributed by atoms with Crippen LogP contribution in [0.15, 0.2) is 29.4 Å². The van der Waals surface area contributed by atoms with Gasteiger partial charge >= 0.3 is 0 Å². The zero-order valence-corrected chi connectivity index (χ0v) is 15.8. The first-order chi connectivity index (χ1) is 12.4. The van der Waals surface area contributed by atoms with Crippen molar-refractivity contribution in [1.82, 2.24) is 14.1 Å². The molecular weight excluding hydrogens is 355 g/mol. The number of hydrogen-bond donors (Lipinski definition) is 0. The molecule has 26 heavy (non-hydrogen) atoms. The molecule has 0 N–H and O–H groups in total. The van der Waals surface area contributed by atoms with E-state index >= 15 is 0 Å². The Bertz CT molecular complexity index is 913. The van der Waals surface area contributed by atoms with Crippen LogP contribution < -0.4 is 4.90 Å². The zero-order chi connectivity index (χ0) is 18.5. The number of piperidine rings is 1. The lowest BCUT2D eigenvalue weighted by Crippen LogP contribution is -2.46. The highest BCUT2D eigenvalue weighted by Gasteiger charge is 2.35. The fourth-order valence-corrected chi connectivity index (χ4v) is 5.97. The fraction of sp³-hybridized carbons (Fsp3) is 0.500. The summed E-state index contributed by atoms with van der Waals surface area (Å²) >= 11 is 0. The molecule has 0 amide bonds. The van der Waals surface area contributed by atoms with E-state index in [9.17, 15) is 12.8 Å². The van der Waals surface area contributed by atoms with E-state index in [-0.39, 0.29) is 10.8 Å². The van der Waals surface area contributed by atoms with Gasteiger partial charge in [0, 0.05) is 44.0 Å². The van der Waals surface area contributed by atoms with Crippen LogP contribution in [-0.4, -0.2) is 48.2 Å². The third kappa shape index (κ3) is 2.81. The number of aryl methyl sites for hydroxylation is 2. The summed E-state index contributed by atoms with van der Waals surface area (Å²) < 4.78 is 42.3. The molecular formula is C18H23FN4O2S. The van der Waals surface area contributed by atoms with Crippen LogP contribution in [0.4, 0.5) is 10.1 Å². The second-order valence-electron chi connectivity index (χ2n) is 7.11. The number of anilines is 1. The highest BCUT2D eigenvalue weighted by molar-refractivity contribution is 7.89. The molecule has 0 unspecified atom stereocenters. The van der Waals surface area contributed by atoms with Crippen LogP contribution in [0.2, 0.25) is 0 Å². The van der Waals surface area contributed by atoms with Gasteiger partial charge in [-0.1, -0.05) is 0 Å². The van der Waals surface area contributed by atoms with Crippen LogP contribution in [0.3, 0.4) is 0 Å². The van der Waals surface area contributed by atoms with Gasteiger partial charge in [0.15, 0.2) is 5.03 Å². The number of aromatic nitrogens is 2. The largest absolute Gasteiger partial charge is 0.368 e. The molecule has 0 saturated carbocycles. The predicted octanol–water partition coefficient (Wildman–Crippen LogP) is 2.08. The Hall–Kier alpha value is -1.93. The second kappa shape index (κ2) is 6.35. The Labute approximate surface area is 153 Å². The molecule has 6 nitrogen and oxygen atoms in total. The smallest absolute Gasteiger partial charge is 0.260 e. The minimum atomic E-state index is -3.53. The van der Waals surface area contributed by atoms with Gasteiger partial charge in [-0.2, -0.15) is 9.40 Å². The molecule has 0 bridgehead atoms. The molecule has 0 atom stereocenters. The summed E-state index contributed by atoms with van der Waals surface area (Å²) in [5, 5.41) is 4.34. The number of fused-ring (bicyclic) bond motifs is 1. The number of sulfonamides is 1. The molecule has 0 aliphatic carbocycles. The van der Waals surface area contributed by atoms with Gasteiger partial charge in [0.25, 0.3) is 10.0 Å². The van der Waals surface area contributed by atoms with Crippen molar-refractivity contribution in [3.8, 4) is 0 Å². The number of nitrogens with zero attached hydrogens (tertiary/aromatic N) is 4. The molecule has 2 aromatic rings. The van der Waals surface area contributed by atoms with Gasteiger partial charge in [-0.15, -0.1) is 0 Å². The molecule has 0 spiro atoms. The van der Waals surface area contributed by atoms with Crippen LogP contribution in [0, 0.1) is 12.7 Å². The Kier molecular flexibility index (Phi) is 4.27. The lowest BCUT2D eigenvalue weighted by Gasteiger charge is -2.37. The lowest BCUT2D eigenvalue weighted by molar-refractivity contribution is 0.310. The zero-order valence-electron chi connectivity index (χ0n) is 15.0. The minimum Gasteiger partial charge on any atom is -0.368 e. The highest BCUT2D eigenvalue weighted by atomic mass is 32.2. The Morgan fingerprint density at radius 2 is 1.92 bits per heavy atom. The van der Waals surface area contributed by atoms with Crippen molar-refractivity contribution < 1.29 is 12.8 Å². The van der Waals surface area contributed by atoms with E-state index < -0.39 is 10.0 Å². The standard InChI is InChI=1S/C18H23FN4O2S/c1-13-12-20-21(2)18(13)26(24,25)22-8-6-16(7-9-22)23-10-5-14-11-15(19)3-4-17(14)23/h3-4,11-12,16H,5-10H2,1-2H3. The van der Waals surface area contributed by atoms with Crippen molar-refractivity contribution in [3.05, 3.63) is 41.3 Å². The molecule has 0 radical (unpaired) electrons. The van der Waals surface area contributed by atoms with Gasteiger partial charge in [0.05, 0.1) is 6.20 Å². The van der Waals surface area contributed by atoms with Crippen LogP contribution in [0.1, 0.15) is 24.0 Å². The summed E-state index contributed by atoms with van der Waals surface area (Å²) in [6.45, 7) is 3.62. The average Bonchev–Trinajstić information content (AvgIpc) is 3.18. The van der Waals surface area contributed by atoms with Gasteiger partial charge in [0.2, 0.25) is 0 Å². The van der Waals surface area contributed by atoms with E-state index in [2.05, 4.69) is 10.00 Å². The number of rotatable bonds is 3. The van der Waals surface area contributed by atoms with E-state index in [0.29, 0.717) is 24.7 Å².